The molecule has 0 aliphatic heterocycles. The first-order valence-electron chi connectivity index (χ1n) is 8.15. The minimum atomic E-state index is -0.107. The lowest BCUT2D eigenvalue weighted by molar-refractivity contribution is 0.103. The van der Waals surface area contributed by atoms with Gasteiger partial charge in [0.05, 0.1) is 17.8 Å². The van der Waals surface area contributed by atoms with E-state index < -0.39 is 0 Å². The summed E-state index contributed by atoms with van der Waals surface area (Å²) in [6, 6.07) is 17.2. The van der Waals surface area contributed by atoms with Crippen LogP contribution in [-0.4, -0.2) is 15.6 Å². The third-order valence-electron chi connectivity index (χ3n) is 3.75. The first kappa shape index (κ1) is 17.5. The molecule has 0 fully saturated rings. The largest absolute Gasteiger partial charge is 0.398 e. The summed E-state index contributed by atoms with van der Waals surface area (Å²) < 4.78 is 1.79. The van der Waals surface area contributed by atoms with Crippen LogP contribution in [0.25, 0.3) is 0 Å². The van der Waals surface area contributed by atoms with E-state index in [0.29, 0.717) is 16.8 Å². The summed E-state index contributed by atoms with van der Waals surface area (Å²) >= 11 is 0. The summed E-state index contributed by atoms with van der Waals surface area (Å²) in [5, 5.41) is 4.32. The van der Waals surface area contributed by atoms with Gasteiger partial charge in [0.1, 0.15) is 0 Å². The summed E-state index contributed by atoms with van der Waals surface area (Å²) in [5.41, 5.74) is 8.54. The van der Waals surface area contributed by atoms with Crippen molar-refractivity contribution in [2.24, 2.45) is 0 Å². The van der Waals surface area contributed by atoms with E-state index in [1.165, 1.54) is 0 Å². The van der Waals surface area contributed by atoms with Crippen LogP contribution >= 0.6 is 0 Å². The maximum atomic E-state index is 12.5. The maximum Gasteiger partial charge on any atom is 0.198 e. The van der Waals surface area contributed by atoms with E-state index >= 15 is 0 Å². The second-order valence-corrected chi connectivity index (χ2v) is 5.21. The molecule has 4 nitrogen and oxygen atoms in total. The van der Waals surface area contributed by atoms with Crippen LogP contribution in [-0.2, 0) is 0 Å². The zero-order chi connectivity index (χ0) is 17.5. The topological polar surface area (TPSA) is 60.9 Å². The van der Waals surface area contributed by atoms with Gasteiger partial charge in [-0.25, -0.2) is 0 Å². The van der Waals surface area contributed by atoms with Gasteiger partial charge in [-0.2, -0.15) is 5.10 Å². The highest BCUT2D eigenvalue weighted by molar-refractivity contribution is 6.11. The smallest absolute Gasteiger partial charge is 0.198 e. The molecule has 0 radical (unpaired) electrons. The molecule has 3 aromatic rings. The number of nitrogen functional groups attached to an aromatic ring is 1. The number of para-hydroxylation sites is 1. The molecular formula is C20H23N3O. The molecule has 0 aliphatic rings. The third kappa shape index (κ3) is 3.71. The molecule has 0 saturated carbocycles. The predicted molar refractivity (Wildman–Crippen MR) is 98.1 cm³/mol. The Labute approximate surface area is 142 Å². The van der Waals surface area contributed by atoms with Crippen molar-refractivity contribution >= 4 is 11.5 Å². The molecule has 1 aromatic heterocycles. The predicted octanol–water partition coefficient (Wildman–Crippen LogP) is 4.33. The quantitative estimate of drug-likeness (QED) is 0.574. The zero-order valence-corrected chi connectivity index (χ0v) is 14.3. The van der Waals surface area contributed by atoms with Gasteiger partial charge < -0.3 is 5.73 Å². The molecule has 1 atom stereocenters. The molecule has 124 valence electrons. The molecule has 0 spiro atoms. The fraction of sp³-hybridized carbons (Fsp3) is 0.200. The van der Waals surface area contributed by atoms with E-state index in [-0.39, 0.29) is 11.8 Å². The average Bonchev–Trinajstić information content (AvgIpc) is 3.13. The van der Waals surface area contributed by atoms with Crippen molar-refractivity contribution in [2.75, 3.05) is 5.73 Å². The van der Waals surface area contributed by atoms with Gasteiger partial charge in [-0.3, -0.25) is 9.48 Å². The number of carbonyl (C=O) groups is 1. The minimum Gasteiger partial charge on any atom is -0.398 e. The van der Waals surface area contributed by atoms with Crippen molar-refractivity contribution in [2.45, 2.75) is 26.8 Å². The van der Waals surface area contributed by atoms with E-state index in [4.69, 9.17) is 5.73 Å². The first-order chi connectivity index (χ1) is 11.7. The van der Waals surface area contributed by atoms with Crippen molar-refractivity contribution in [3.63, 3.8) is 0 Å². The van der Waals surface area contributed by atoms with Crippen LogP contribution in [0.3, 0.4) is 0 Å². The number of ketones is 1. The molecule has 2 aromatic carbocycles. The highest BCUT2D eigenvalue weighted by Gasteiger charge is 2.16. The van der Waals surface area contributed by atoms with Crippen molar-refractivity contribution < 1.29 is 4.79 Å². The van der Waals surface area contributed by atoms with Gasteiger partial charge in [0, 0.05) is 17.4 Å². The van der Waals surface area contributed by atoms with Gasteiger partial charge in [-0.05, 0) is 24.6 Å². The number of hydrogen-bond acceptors (Lipinski definition) is 3. The number of hydrogen-bond donors (Lipinski definition) is 1. The standard InChI is InChI=1S/C18H17N3O.C2H6/c1-13(14-7-3-2-4-8-14)21-12-15(11-20-21)18(22)16-9-5-6-10-17(16)19;1-2/h2-13H,19H2,1H3;1-2H3. The number of carbonyl (C=O) groups excluding carboxylic acids is 1. The molecule has 0 amide bonds. The van der Waals surface area contributed by atoms with Crippen LogP contribution < -0.4 is 5.73 Å². The Morgan fingerprint density at radius 3 is 2.33 bits per heavy atom. The molecule has 0 aliphatic carbocycles. The van der Waals surface area contributed by atoms with Gasteiger partial charge in [0.2, 0.25) is 0 Å². The van der Waals surface area contributed by atoms with Gasteiger partial charge >= 0.3 is 0 Å². The Kier molecular flexibility index (Phi) is 5.90. The Balaban J connectivity index is 0.00000100. The fourth-order valence-corrected chi connectivity index (χ4v) is 2.41. The molecule has 2 N–H and O–H groups in total. The van der Waals surface area contributed by atoms with Crippen molar-refractivity contribution in [3.05, 3.63) is 83.7 Å². The molecule has 1 heterocycles. The number of anilines is 1. The molecule has 0 bridgehead atoms. The second-order valence-electron chi connectivity index (χ2n) is 5.21. The van der Waals surface area contributed by atoms with Crippen LogP contribution in [0.15, 0.2) is 67.0 Å². The van der Waals surface area contributed by atoms with E-state index in [0.717, 1.165) is 5.56 Å². The summed E-state index contributed by atoms with van der Waals surface area (Å²) in [5.74, 6) is -0.107. The lowest BCUT2D eigenvalue weighted by Gasteiger charge is -2.12. The van der Waals surface area contributed by atoms with E-state index in [9.17, 15) is 4.79 Å². The van der Waals surface area contributed by atoms with Gasteiger partial charge in [0.15, 0.2) is 5.78 Å². The normalized spacial score (nSPS) is 11.3. The molecular weight excluding hydrogens is 298 g/mol. The van der Waals surface area contributed by atoms with Crippen molar-refractivity contribution in [1.29, 1.82) is 0 Å². The van der Waals surface area contributed by atoms with Crippen LogP contribution in [0.1, 0.15) is 48.3 Å². The number of nitrogens with two attached hydrogens (primary N) is 1. The van der Waals surface area contributed by atoms with Gasteiger partial charge in [-0.1, -0.05) is 56.3 Å². The summed E-state index contributed by atoms with van der Waals surface area (Å²) in [6.45, 7) is 6.05. The fourth-order valence-electron chi connectivity index (χ4n) is 2.41. The monoisotopic (exact) mass is 321 g/mol. The molecule has 24 heavy (non-hydrogen) atoms. The van der Waals surface area contributed by atoms with E-state index in [1.807, 2.05) is 57.2 Å². The molecule has 4 heteroatoms. The highest BCUT2D eigenvalue weighted by atomic mass is 16.1. The minimum absolute atomic E-state index is 0.0656. The maximum absolute atomic E-state index is 12.5. The number of aromatic nitrogens is 2. The Bertz CT molecular complexity index is 793. The summed E-state index contributed by atoms with van der Waals surface area (Å²) in [4.78, 5) is 12.5. The SMILES string of the molecule is CC.CC(c1ccccc1)n1cc(C(=O)c2ccccc2N)cn1. The van der Waals surface area contributed by atoms with Crippen LogP contribution in [0, 0.1) is 0 Å². The van der Waals surface area contributed by atoms with Crippen LogP contribution in [0.2, 0.25) is 0 Å². The first-order valence-corrected chi connectivity index (χ1v) is 8.15. The van der Waals surface area contributed by atoms with E-state index in [2.05, 4.69) is 5.10 Å². The van der Waals surface area contributed by atoms with Crippen LogP contribution in [0.5, 0.6) is 0 Å². The summed E-state index contributed by atoms with van der Waals surface area (Å²) in [6.07, 6.45) is 3.36. The number of benzene rings is 2. The Hall–Kier alpha value is -2.88. The third-order valence-corrected chi connectivity index (χ3v) is 3.75. The number of rotatable bonds is 4. The Morgan fingerprint density at radius 1 is 1.04 bits per heavy atom. The van der Waals surface area contributed by atoms with Gasteiger partial charge in [-0.15, -0.1) is 0 Å². The highest BCUT2D eigenvalue weighted by Crippen LogP contribution is 2.20. The Morgan fingerprint density at radius 2 is 1.67 bits per heavy atom. The molecule has 3 rings (SSSR count). The van der Waals surface area contributed by atoms with Crippen LogP contribution in [0.4, 0.5) is 5.69 Å². The van der Waals surface area contributed by atoms with Crippen molar-refractivity contribution in [3.8, 4) is 0 Å². The number of nitrogens with zero attached hydrogens (tertiary/aromatic N) is 2. The van der Waals surface area contributed by atoms with Crippen molar-refractivity contribution in [1.82, 2.24) is 9.78 Å². The lowest BCUT2D eigenvalue weighted by Crippen LogP contribution is -2.07. The summed E-state index contributed by atoms with van der Waals surface area (Å²) in [7, 11) is 0. The van der Waals surface area contributed by atoms with E-state index in [1.54, 1.807) is 35.3 Å². The molecule has 1 unspecified atom stereocenters. The molecule has 0 saturated heterocycles. The second kappa shape index (κ2) is 8.11. The van der Waals surface area contributed by atoms with Gasteiger partial charge in [0.25, 0.3) is 0 Å². The lowest BCUT2D eigenvalue weighted by atomic mass is 10.0. The zero-order valence-electron chi connectivity index (χ0n) is 14.3. The average molecular weight is 321 g/mol.